The van der Waals surface area contributed by atoms with Gasteiger partial charge in [-0.05, 0) is 17.6 Å². The minimum absolute atomic E-state index is 0.0531. The van der Waals surface area contributed by atoms with Gasteiger partial charge < -0.3 is 5.11 Å². The van der Waals surface area contributed by atoms with Crippen molar-refractivity contribution in [2.75, 3.05) is 5.75 Å². The van der Waals surface area contributed by atoms with Gasteiger partial charge in [-0.3, -0.25) is 0 Å². The number of thioether (sulfide) groups is 1. The van der Waals surface area contributed by atoms with Crippen LogP contribution in [0.3, 0.4) is 0 Å². The molecule has 1 rings (SSSR count). The van der Waals surface area contributed by atoms with Crippen LogP contribution in [0.2, 0.25) is 20.1 Å². The maximum absolute atomic E-state index is 9.68. The van der Waals surface area contributed by atoms with E-state index in [1.54, 1.807) is 0 Å². The van der Waals surface area contributed by atoms with Gasteiger partial charge in [-0.2, -0.15) is 0 Å². The van der Waals surface area contributed by atoms with Crippen LogP contribution in [0.5, 0.6) is 5.75 Å². The van der Waals surface area contributed by atoms with Crippen LogP contribution in [0, 0.1) is 5.41 Å². The Morgan fingerprint density at radius 1 is 0.950 bits per heavy atom. The molecule has 0 bridgehead atoms. The summed E-state index contributed by atoms with van der Waals surface area (Å²) in [7, 11) is 0. The summed E-state index contributed by atoms with van der Waals surface area (Å²) < 4.78 is 0. The summed E-state index contributed by atoms with van der Waals surface area (Å²) >= 11 is 25.7. The lowest BCUT2D eigenvalue weighted by atomic mass is 9.82. The third-order valence-electron chi connectivity index (χ3n) is 3.86. The van der Waals surface area contributed by atoms with Gasteiger partial charge in [-0.15, -0.1) is 11.8 Å². The molecule has 0 aliphatic rings. The molecule has 20 heavy (non-hydrogen) atoms. The van der Waals surface area contributed by atoms with Crippen LogP contribution in [0.4, 0.5) is 0 Å². The predicted octanol–water partition coefficient (Wildman–Crippen LogP) is 7.31. The topological polar surface area (TPSA) is 20.2 Å². The summed E-state index contributed by atoms with van der Waals surface area (Å²) in [5, 5.41) is 10.3. The van der Waals surface area contributed by atoms with Gasteiger partial charge in [-0.1, -0.05) is 80.0 Å². The van der Waals surface area contributed by atoms with Crippen molar-refractivity contribution >= 4 is 58.2 Å². The second-order valence-corrected chi connectivity index (χ2v) is 7.67. The van der Waals surface area contributed by atoms with Crippen molar-refractivity contribution in [2.45, 2.75) is 44.9 Å². The Kier molecular flexibility index (Phi) is 7.14. The van der Waals surface area contributed by atoms with Gasteiger partial charge in [0, 0.05) is 4.90 Å². The molecule has 0 unspecified atom stereocenters. The largest absolute Gasteiger partial charge is 0.505 e. The van der Waals surface area contributed by atoms with E-state index in [0.29, 0.717) is 10.3 Å². The molecule has 0 aliphatic heterocycles. The molecule has 6 heteroatoms. The third kappa shape index (κ3) is 4.04. The molecule has 0 aliphatic carbocycles. The van der Waals surface area contributed by atoms with Crippen molar-refractivity contribution in [1.29, 1.82) is 0 Å². The Morgan fingerprint density at radius 2 is 1.40 bits per heavy atom. The number of halogens is 4. The molecular formula is C14H18Cl4OS. The molecule has 1 nitrogen and oxygen atoms in total. The number of aromatic hydroxyl groups is 1. The van der Waals surface area contributed by atoms with Crippen molar-refractivity contribution in [1.82, 2.24) is 0 Å². The summed E-state index contributed by atoms with van der Waals surface area (Å²) in [6.45, 7) is 6.67. The zero-order chi connectivity index (χ0) is 15.5. The molecule has 114 valence electrons. The highest BCUT2D eigenvalue weighted by molar-refractivity contribution is 7.99. The van der Waals surface area contributed by atoms with Crippen LogP contribution in [0.15, 0.2) is 4.90 Å². The average molecular weight is 376 g/mol. The standard InChI is InChI=1S/C14H18Cl4OS/c1-4-14(3,5-2)6-7-20-13-10(17)8(15)12(19)9(16)11(13)18/h19H,4-7H2,1-3H3. The molecule has 0 amide bonds. The molecule has 0 radical (unpaired) electrons. The van der Waals surface area contributed by atoms with Gasteiger partial charge in [0.05, 0.1) is 10.0 Å². The van der Waals surface area contributed by atoms with Crippen LogP contribution in [-0.2, 0) is 0 Å². The van der Waals surface area contributed by atoms with Gasteiger partial charge >= 0.3 is 0 Å². The third-order valence-corrected chi connectivity index (χ3v) is 6.87. The number of hydrogen-bond donors (Lipinski definition) is 1. The summed E-state index contributed by atoms with van der Waals surface area (Å²) in [4.78, 5) is 0.635. The molecule has 0 heterocycles. The van der Waals surface area contributed by atoms with Crippen LogP contribution < -0.4 is 0 Å². The Morgan fingerprint density at radius 3 is 1.80 bits per heavy atom. The molecule has 0 fully saturated rings. The molecule has 0 saturated carbocycles. The van der Waals surface area contributed by atoms with Gasteiger partial charge in [0.1, 0.15) is 10.0 Å². The first-order valence-corrected chi connectivity index (χ1v) is 8.94. The fourth-order valence-corrected chi connectivity index (χ4v) is 4.27. The smallest absolute Gasteiger partial charge is 0.155 e. The predicted molar refractivity (Wildman–Crippen MR) is 92.2 cm³/mol. The van der Waals surface area contributed by atoms with E-state index in [-0.39, 0.29) is 25.8 Å². The maximum atomic E-state index is 9.68. The molecule has 1 aromatic carbocycles. The van der Waals surface area contributed by atoms with Gasteiger partial charge in [-0.25, -0.2) is 0 Å². The normalized spacial score (nSPS) is 11.9. The fourth-order valence-electron chi connectivity index (χ4n) is 1.73. The first-order chi connectivity index (χ1) is 9.27. The van der Waals surface area contributed by atoms with Gasteiger partial charge in [0.25, 0.3) is 0 Å². The molecule has 0 spiro atoms. The minimum Gasteiger partial charge on any atom is -0.505 e. The van der Waals surface area contributed by atoms with E-state index in [4.69, 9.17) is 46.4 Å². The molecular weight excluding hydrogens is 358 g/mol. The van der Waals surface area contributed by atoms with Crippen LogP contribution >= 0.6 is 58.2 Å². The lowest BCUT2D eigenvalue weighted by Crippen LogP contribution is -2.14. The summed E-state index contributed by atoms with van der Waals surface area (Å²) in [5.41, 5.74) is 0.316. The number of benzene rings is 1. The van der Waals surface area contributed by atoms with Crippen molar-refractivity contribution in [2.24, 2.45) is 5.41 Å². The van der Waals surface area contributed by atoms with Crippen molar-refractivity contribution in [3.05, 3.63) is 20.1 Å². The number of phenols is 1. The zero-order valence-corrected chi connectivity index (χ0v) is 15.5. The number of rotatable bonds is 6. The summed E-state index contributed by atoms with van der Waals surface area (Å²) in [6, 6.07) is 0. The Hall–Kier alpha value is 0.530. The number of phenolic OH excluding ortho intramolecular Hbond substituents is 1. The fraction of sp³-hybridized carbons (Fsp3) is 0.571. The molecule has 0 saturated heterocycles. The second-order valence-electron chi connectivity index (χ2n) is 5.05. The van der Waals surface area contributed by atoms with E-state index in [2.05, 4.69) is 20.8 Å². The Bertz CT molecular complexity index is 458. The van der Waals surface area contributed by atoms with Crippen molar-refractivity contribution < 1.29 is 5.11 Å². The van der Waals surface area contributed by atoms with E-state index in [1.165, 1.54) is 11.8 Å². The first-order valence-electron chi connectivity index (χ1n) is 6.45. The monoisotopic (exact) mass is 374 g/mol. The average Bonchev–Trinajstić information content (AvgIpc) is 2.46. The number of hydrogen-bond acceptors (Lipinski definition) is 2. The van der Waals surface area contributed by atoms with Crippen LogP contribution in [0.25, 0.3) is 0 Å². The quantitative estimate of drug-likeness (QED) is 0.415. The highest BCUT2D eigenvalue weighted by Crippen LogP contribution is 2.49. The zero-order valence-electron chi connectivity index (χ0n) is 11.7. The molecule has 0 atom stereocenters. The minimum atomic E-state index is -0.264. The van der Waals surface area contributed by atoms with Gasteiger partial charge in [0.15, 0.2) is 5.75 Å². The maximum Gasteiger partial charge on any atom is 0.155 e. The molecule has 1 N–H and O–H groups in total. The van der Waals surface area contributed by atoms with Crippen LogP contribution in [-0.4, -0.2) is 10.9 Å². The Balaban J connectivity index is 2.90. The van der Waals surface area contributed by atoms with E-state index in [0.717, 1.165) is 25.0 Å². The van der Waals surface area contributed by atoms with Crippen molar-refractivity contribution in [3.8, 4) is 5.75 Å². The highest BCUT2D eigenvalue weighted by atomic mass is 35.5. The Labute approximate surface area is 144 Å². The molecule has 0 aromatic heterocycles. The summed E-state index contributed by atoms with van der Waals surface area (Å²) in [5.74, 6) is 0.606. The lowest BCUT2D eigenvalue weighted by Gasteiger charge is -2.26. The van der Waals surface area contributed by atoms with E-state index in [1.807, 2.05) is 0 Å². The van der Waals surface area contributed by atoms with Gasteiger partial charge in [0.2, 0.25) is 0 Å². The second kappa shape index (κ2) is 7.69. The van der Waals surface area contributed by atoms with Crippen molar-refractivity contribution in [3.63, 3.8) is 0 Å². The van der Waals surface area contributed by atoms with E-state index in [9.17, 15) is 5.11 Å². The SMILES string of the molecule is CCC(C)(CC)CCSc1c(Cl)c(Cl)c(O)c(Cl)c1Cl. The molecule has 1 aromatic rings. The van der Waals surface area contributed by atoms with E-state index >= 15 is 0 Å². The highest BCUT2D eigenvalue weighted by Gasteiger charge is 2.22. The summed E-state index contributed by atoms with van der Waals surface area (Å²) in [6.07, 6.45) is 3.30. The van der Waals surface area contributed by atoms with E-state index < -0.39 is 0 Å². The lowest BCUT2D eigenvalue weighted by molar-refractivity contribution is 0.289. The van der Waals surface area contributed by atoms with Crippen LogP contribution in [0.1, 0.15) is 40.0 Å². The first kappa shape index (κ1) is 18.6.